The highest BCUT2D eigenvalue weighted by atomic mass is 16.2. The van der Waals surface area contributed by atoms with Crippen molar-refractivity contribution < 1.29 is 4.79 Å². The molecule has 0 saturated carbocycles. The van der Waals surface area contributed by atoms with Gasteiger partial charge in [-0.25, -0.2) is 0 Å². The molecule has 0 unspecified atom stereocenters. The van der Waals surface area contributed by atoms with Crippen LogP contribution >= 0.6 is 0 Å². The summed E-state index contributed by atoms with van der Waals surface area (Å²) in [6.07, 6.45) is 1.54. The maximum atomic E-state index is 11.1. The standard InChI is InChI=1S/C7H13N5O/c1-12(2)6(13)4-9-5-3-10-11-7(5)8/h3,9H,4H2,1-2H3,(H3,8,10,11). The first-order valence-corrected chi connectivity index (χ1v) is 3.84. The molecule has 72 valence electrons. The van der Waals surface area contributed by atoms with Crippen LogP contribution in [0.1, 0.15) is 0 Å². The SMILES string of the molecule is CN(C)C(=O)CNc1cn[nH]c1N. The number of H-pyrrole nitrogens is 1. The van der Waals surface area contributed by atoms with E-state index in [4.69, 9.17) is 5.73 Å². The number of aromatic nitrogens is 2. The minimum absolute atomic E-state index is 0.0133. The van der Waals surface area contributed by atoms with Gasteiger partial charge in [0, 0.05) is 14.1 Å². The summed E-state index contributed by atoms with van der Waals surface area (Å²) in [5.74, 6) is 0.423. The molecule has 0 aliphatic rings. The van der Waals surface area contributed by atoms with E-state index in [2.05, 4.69) is 15.5 Å². The number of rotatable bonds is 3. The fourth-order valence-electron chi connectivity index (χ4n) is 0.766. The second kappa shape index (κ2) is 3.79. The van der Waals surface area contributed by atoms with Crippen molar-refractivity contribution >= 4 is 17.4 Å². The first-order chi connectivity index (χ1) is 6.11. The van der Waals surface area contributed by atoms with Crippen molar-refractivity contribution in [1.82, 2.24) is 15.1 Å². The van der Waals surface area contributed by atoms with Crippen molar-refractivity contribution in [3.05, 3.63) is 6.20 Å². The van der Waals surface area contributed by atoms with Crippen LogP contribution < -0.4 is 11.1 Å². The zero-order valence-corrected chi connectivity index (χ0v) is 7.66. The Bertz CT molecular complexity index is 293. The summed E-state index contributed by atoms with van der Waals surface area (Å²) >= 11 is 0. The number of anilines is 2. The predicted molar refractivity (Wildman–Crippen MR) is 50.2 cm³/mol. The second-order valence-corrected chi connectivity index (χ2v) is 2.84. The molecule has 13 heavy (non-hydrogen) atoms. The van der Waals surface area contributed by atoms with E-state index in [-0.39, 0.29) is 12.5 Å². The van der Waals surface area contributed by atoms with Crippen molar-refractivity contribution in [3.8, 4) is 0 Å². The molecule has 0 bridgehead atoms. The second-order valence-electron chi connectivity index (χ2n) is 2.84. The Morgan fingerprint density at radius 3 is 2.92 bits per heavy atom. The van der Waals surface area contributed by atoms with E-state index in [1.54, 1.807) is 14.1 Å². The number of nitrogen functional groups attached to an aromatic ring is 1. The van der Waals surface area contributed by atoms with E-state index >= 15 is 0 Å². The van der Waals surface area contributed by atoms with Crippen molar-refractivity contribution in [2.75, 3.05) is 31.7 Å². The molecule has 0 fully saturated rings. The Morgan fingerprint density at radius 2 is 2.46 bits per heavy atom. The molecule has 1 heterocycles. The maximum Gasteiger partial charge on any atom is 0.241 e. The van der Waals surface area contributed by atoms with Crippen molar-refractivity contribution in [2.45, 2.75) is 0 Å². The number of likely N-dealkylation sites (N-methyl/N-ethyl adjacent to an activating group) is 1. The molecule has 0 aliphatic carbocycles. The fourth-order valence-corrected chi connectivity index (χ4v) is 0.766. The highest BCUT2D eigenvalue weighted by Crippen LogP contribution is 2.11. The quantitative estimate of drug-likeness (QED) is 0.589. The lowest BCUT2D eigenvalue weighted by atomic mass is 10.4. The van der Waals surface area contributed by atoms with Gasteiger partial charge in [-0.3, -0.25) is 9.89 Å². The fraction of sp³-hybridized carbons (Fsp3) is 0.429. The smallest absolute Gasteiger partial charge is 0.241 e. The van der Waals surface area contributed by atoms with Gasteiger partial charge >= 0.3 is 0 Å². The van der Waals surface area contributed by atoms with Crippen molar-refractivity contribution in [1.29, 1.82) is 0 Å². The monoisotopic (exact) mass is 183 g/mol. The number of hydrogen-bond donors (Lipinski definition) is 3. The van der Waals surface area contributed by atoms with E-state index < -0.39 is 0 Å². The van der Waals surface area contributed by atoms with Crippen LogP contribution in [0.3, 0.4) is 0 Å². The Morgan fingerprint density at radius 1 is 1.77 bits per heavy atom. The molecule has 0 aliphatic heterocycles. The third-order valence-corrected chi connectivity index (χ3v) is 1.60. The number of hydrogen-bond acceptors (Lipinski definition) is 4. The molecular weight excluding hydrogens is 170 g/mol. The van der Waals surface area contributed by atoms with Crippen LogP contribution in [-0.2, 0) is 4.79 Å². The van der Waals surface area contributed by atoms with Gasteiger partial charge in [-0.15, -0.1) is 0 Å². The summed E-state index contributed by atoms with van der Waals surface area (Å²) in [4.78, 5) is 12.6. The number of nitrogens with two attached hydrogens (primary N) is 1. The van der Waals surface area contributed by atoms with Crippen LogP contribution in [-0.4, -0.2) is 41.6 Å². The average Bonchev–Trinajstić information content (AvgIpc) is 2.47. The van der Waals surface area contributed by atoms with Gasteiger partial charge in [-0.2, -0.15) is 5.10 Å². The van der Waals surface area contributed by atoms with Crippen molar-refractivity contribution in [2.24, 2.45) is 0 Å². The first kappa shape index (κ1) is 9.37. The summed E-state index contributed by atoms with van der Waals surface area (Å²) in [6, 6.07) is 0. The molecule has 0 atom stereocenters. The summed E-state index contributed by atoms with van der Waals surface area (Å²) in [5.41, 5.74) is 6.15. The van der Waals surface area contributed by atoms with E-state index in [1.165, 1.54) is 11.1 Å². The van der Waals surface area contributed by atoms with Crippen molar-refractivity contribution in [3.63, 3.8) is 0 Å². The molecular formula is C7H13N5O. The Hall–Kier alpha value is -1.72. The molecule has 1 aromatic rings. The average molecular weight is 183 g/mol. The molecule has 0 spiro atoms. The first-order valence-electron chi connectivity index (χ1n) is 3.84. The third-order valence-electron chi connectivity index (χ3n) is 1.60. The summed E-state index contributed by atoms with van der Waals surface area (Å²) < 4.78 is 0. The van der Waals surface area contributed by atoms with Crippen LogP contribution in [0.4, 0.5) is 11.5 Å². The molecule has 0 radical (unpaired) electrons. The Labute approximate surface area is 76.1 Å². The normalized spacial score (nSPS) is 9.69. The molecule has 6 nitrogen and oxygen atoms in total. The Balaban J connectivity index is 2.44. The number of nitrogens with zero attached hydrogens (tertiary/aromatic N) is 2. The number of amides is 1. The highest BCUT2D eigenvalue weighted by Gasteiger charge is 2.05. The molecule has 0 aromatic carbocycles. The number of nitrogens with one attached hydrogen (secondary N) is 2. The van der Waals surface area contributed by atoms with E-state index in [9.17, 15) is 4.79 Å². The lowest BCUT2D eigenvalue weighted by molar-refractivity contribution is -0.126. The molecule has 1 rings (SSSR count). The van der Waals surface area contributed by atoms with Gasteiger partial charge in [0.1, 0.15) is 5.82 Å². The van der Waals surface area contributed by atoms with Crippen LogP contribution in [0.2, 0.25) is 0 Å². The molecule has 1 aromatic heterocycles. The number of carbonyl (C=O) groups is 1. The number of carbonyl (C=O) groups excluding carboxylic acids is 1. The Kier molecular flexibility index (Phi) is 2.73. The summed E-state index contributed by atoms with van der Waals surface area (Å²) in [6.45, 7) is 0.219. The lowest BCUT2D eigenvalue weighted by Gasteiger charge is -2.10. The largest absolute Gasteiger partial charge is 0.382 e. The van der Waals surface area contributed by atoms with Crippen LogP contribution in [0.25, 0.3) is 0 Å². The maximum absolute atomic E-state index is 11.1. The van der Waals surface area contributed by atoms with Crippen LogP contribution in [0.15, 0.2) is 6.20 Å². The topological polar surface area (TPSA) is 87.0 Å². The summed E-state index contributed by atoms with van der Waals surface area (Å²) in [7, 11) is 3.39. The van der Waals surface area contributed by atoms with E-state index in [0.29, 0.717) is 11.5 Å². The minimum Gasteiger partial charge on any atom is -0.382 e. The van der Waals surface area contributed by atoms with Gasteiger partial charge in [-0.05, 0) is 0 Å². The van der Waals surface area contributed by atoms with Crippen LogP contribution in [0.5, 0.6) is 0 Å². The van der Waals surface area contributed by atoms with Gasteiger partial charge in [0.2, 0.25) is 5.91 Å². The lowest BCUT2D eigenvalue weighted by Crippen LogP contribution is -2.28. The molecule has 1 amide bonds. The minimum atomic E-state index is -0.0133. The van der Waals surface area contributed by atoms with Gasteiger partial charge in [0.05, 0.1) is 18.4 Å². The van der Waals surface area contributed by atoms with Gasteiger partial charge in [0.15, 0.2) is 0 Å². The van der Waals surface area contributed by atoms with E-state index in [1.807, 2.05) is 0 Å². The summed E-state index contributed by atoms with van der Waals surface area (Å²) in [5, 5.41) is 9.13. The predicted octanol–water partition coefficient (Wildman–Crippen LogP) is -0.508. The van der Waals surface area contributed by atoms with Crippen LogP contribution in [0, 0.1) is 0 Å². The van der Waals surface area contributed by atoms with Gasteiger partial charge < -0.3 is 16.0 Å². The highest BCUT2D eigenvalue weighted by molar-refractivity contribution is 5.81. The van der Waals surface area contributed by atoms with E-state index in [0.717, 1.165) is 0 Å². The molecule has 4 N–H and O–H groups in total. The zero-order chi connectivity index (χ0) is 9.84. The number of aromatic amines is 1. The molecule has 0 saturated heterocycles. The van der Waals surface area contributed by atoms with Gasteiger partial charge in [0.25, 0.3) is 0 Å². The third kappa shape index (κ3) is 2.36. The molecule has 6 heteroatoms. The zero-order valence-electron chi connectivity index (χ0n) is 7.66. The van der Waals surface area contributed by atoms with Gasteiger partial charge in [-0.1, -0.05) is 0 Å².